The van der Waals surface area contributed by atoms with E-state index in [0.29, 0.717) is 11.3 Å². The number of benzene rings is 2. The Labute approximate surface area is 134 Å². The van der Waals surface area contributed by atoms with Crippen molar-refractivity contribution in [2.24, 2.45) is 5.73 Å². The van der Waals surface area contributed by atoms with Gasteiger partial charge in [-0.15, -0.1) is 0 Å². The molecule has 0 atom stereocenters. The van der Waals surface area contributed by atoms with Crippen LogP contribution in [0.25, 0.3) is 0 Å². The van der Waals surface area contributed by atoms with E-state index in [0.717, 1.165) is 10.4 Å². The molecular weight excluding hydrogens is 319 g/mol. The zero-order valence-corrected chi connectivity index (χ0v) is 13.4. The van der Waals surface area contributed by atoms with Gasteiger partial charge in [0.1, 0.15) is 10.7 Å². The van der Waals surface area contributed by atoms with Crippen LogP contribution in [0.15, 0.2) is 53.4 Å². The number of nitrogens with two attached hydrogens (primary N) is 1. The predicted octanol–water partition coefficient (Wildman–Crippen LogP) is 2.20. The number of hydrogen-bond acceptors (Lipinski definition) is 3. The van der Waals surface area contributed by atoms with Crippen molar-refractivity contribution in [1.82, 2.24) is 0 Å². The highest BCUT2D eigenvalue weighted by atomic mass is 32.2. The molecule has 5 nitrogen and oxygen atoms in total. The maximum Gasteiger partial charge on any atom is 0.267 e. The van der Waals surface area contributed by atoms with Crippen LogP contribution in [0.3, 0.4) is 0 Å². The average molecular weight is 336 g/mol. The first-order chi connectivity index (χ1) is 10.8. The van der Waals surface area contributed by atoms with Crippen molar-refractivity contribution >= 4 is 21.6 Å². The lowest BCUT2D eigenvalue weighted by atomic mass is 10.2. The minimum absolute atomic E-state index is 0.158. The summed E-state index contributed by atoms with van der Waals surface area (Å²) in [7, 11) is -4.15. The van der Waals surface area contributed by atoms with E-state index >= 15 is 0 Å². The molecule has 122 valence electrons. The molecule has 7 heteroatoms. The molecule has 0 aliphatic heterocycles. The van der Waals surface area contributed by atoms with Gasteiger partial charge in [-0.1, -0.05) is 24.3 Å². The third kappa shape index (κ3) is 3.87. The molecule has 0 fully saturated rings. The second-order valence-electron chi connectivity index (χ2n) is 5.06. The number of para-hydroxylation sites is 1. The molecular formula is C16H17FN2O3S. The molecule has 0 radical (unpaired) electrons. The molecule has 0 spiro atoms. The third-order valence-electron chi connectivity index (χ3n) is 3.26. The first-order valence-corrected chi connectivity index (χ1v) is 8.38. The van der Waals surface area contributed by atoms with Crippen molar-refractivity contribution in [3.05, 3.63) is 59.9 Å². The van der Waals surface area contributed by atoms with Crippen molar-refractivity contribution in [2.75, 3.05) is 10.8 Å². The fourth-order valence-electron chi connectivity index (χ4n) is 2.12. The highest BCUT2D eigenvalue weighted by Gasteiger charge is 2.28. The Hall–Kier alpha value is -2.41. The molecule has 23 heavy (non-hydrogen) atoms. The zero-order chi connectivity index (χ0) is 17.0. The van der Waals surface area contributed by atoms with E-state index in [1.54, 1.807) is 37.3 Å². The Morgan fingerprint density at radius 3 is 2.43 bits per heavy atom. The lowest BCUT2D eigenvalue weighted by Gasteiger charge is -2.24. The molecule has 2 aromatic carbocycles. The van der Waals surface area contributed by atoms with Crippen LogP contribution in [-0.4, -0.2) is 20.9 Å². The van der Waals surface area contributed by atoms with Crippen LogP contribution >= 0.6 is 0 Å². The van der Waals surface area contributed by atoms with E-state index in [1.807, 2.05) is 0 Å². The summed E-state index contributed by atoms with van der Waals surface area (Å²) in [6.45, 7) is 1.52. The largest absolute Gasteiger partial charge is 0.370 e. The van der Waals surface area contributed by atoms with Gasteiger partial charge in [-0.05, 0) is 36.8 Å². The van der Waals surface area contributed by atoms with Gasteiger partial charge >= 0.3 is 0 Å². The zero-order valence-electron chi connectivity index (χ0n) is 12.6. The molecule has 0 saturated carbocycles. The average Bonchev–Trinajstić information content (AvgIpc) is 2.50. The van der Waals surface area contributed by atoms with E-state index in [1.165, 1.54) is 12.1 Å². The van der Waals surface area contributed by atoms with Gasteiger partial charge in [-0.25, -0.2) is 12.8 Å². The Bertz CT molecular complexity index is 807. The predicted molar refractivity (Wildman–Crippen MR) is 85.9 cm³/mol. The molecule has 0 unspecified atom stereocenters. The second-order valence-corrected chi connectivity index (χ2v) is 6.89. The highest BCUT2D eigenvalue weighted by Crippen LogP contribution is 2.26. The van der Waals surface area contributed by atoms with E-state index in [4.69, 9.17) is 5.73 Å². The van der Waals surface area contributed by atoms with E-state index in [2.05, 4.69) is 0 Å². The molecule has 0 saturated heterocycles. The maximum absolute atomic E-state index is 14.0. The summed E-state index contributed by atoms with van der Waals surface area (Å²) in [5, 5.41) is 0. The highest BCUT2D eigenvalue weighted by molar-refractivity contribution is 7.92. The number of carbonyl (C=O) groups is 1. The number of sulfonamides is 1. The summed E-state index contributed by atoms with van der Waals surface area (Å²) in [5.74, 6) is -1.47. The van der Waals surface area contributed by atoms with Gasteiger partial charge in [0.15, 0.2) is 0 Å². The normalized spacial score (nSPS) is 11.2. The molecule has 2 aromatic rings. The molecule has 0 aromatic heterocycles. The van der Waals surface area contributed by atoms with E-state index in [9.17, 15) is 17.6 Å². The van der Waals surface area contributed by atoms with Crippen LogP contribution in [0.1, 0.15) is 12.0 Å². The van der Waals surface area contributed by atoms with Crippen LogP contribution in [0.4, 0.5) is 10.1 Å². The molecule has 1 amide bonds. The van der Waals surface area contributed by atoms with E-state index < -0.39 is 26.6 Å². The lowest BCUT2D eigenvalue weighted by molar-refractivity contribution is -0.117. The fourth-order valence-corrected chi connectivity index (χ4v) is 3.74. The van der Waals surface area contributed by atoms with Crippen LogP contribution in [-0.2, 0) is 14.8 Å². The minimum Gasteiger partial charge on any atom is -0.370 e. The smallest absolute Gasteiger partial charge is 0.267 e. The number of rotatable bonds is 6. The molecule has 0 aliphatic carbocycles. The summed E-state index contributed by atoms with van der Waals surface area (Å²) in [5.41, 5.74) is 6.08. The van der Waals surface area contributed by atoms with Crippen molar-refractivity contribution in [3.63, 3.8) is 0 Å². The summed E-state index contributed by atoms with van der Waals surface area (Å²) >= 11 is 0. The van der Waals surface area contributed by atoms with Crippen LogP contribution in [0.5, 0.6) is 0 Å². The summed E-state index contributed by atoms with van der Waals surface area (Å²) in [6.07, 6.45) is -0.165. The van der Waals surface area contributed by atoms with Crippen LogP contribution in [0, 0.1) is 12.7 Å². The topological polar surface area (TPSA) is 80.5 Å². The van der Waals surface area contributed by atoms with Gasteiger partial charge in [0, 0.05) is 13.0 Å². The lowest BCUT2D eigenvalue weighted by Crippen LogP contribution is -2.34. The molecule has 0 heterocycles. The Kier molecular flexibility index (Phi) is 5.00. The quantitative estimate of drug-likeness (QED) is 0.878. The van der Waals surface area contributed by atoms with Gasteiger partial charge < -0.3 is 5.73 Å². The fraction of sp³-hybridized carbons (Fsp3) is 0.188. The number of carbonyl (C=O) groups excluding carboxylic acids is 1. The molecule has 0 bridgehead atoms. The second kappa shape index (κ2) is 6.78. The number of nitrogens with zero attached hydrogens (tertiary/aromatic N) is 1. The monoisotopic (exact) mass is 336 g/mol. The third-order valence-corrected chi connectivity index (χ3v) is 5.10. The summed E-state index contributed by atoms with van der Waals surface area (Å²) in [6, 6.07) is 12.1. The van der Waals surface area contributed by atoms with Gasteiger partial charge in [0.25, 0.3) is 10.0 Å². The maximum atomic E-state index is 14.0. The number of primary amides is 1. The molecule has 2 rings (SSSR count). The van der Waals surface area contributed by atoms with Crippen molar-refractivity contribution in [3.8, 4) is 0 Å². The minimum atomic E-state index is -4.15. The van der Waals surface area contributed by atoms with Crippen LogP contribution < -0.4 is 10.0 Å². The van der Waals surface area contributed by atoms with Gasteiger partial charge in [-0.2, -0.15) is 0 Å². The number of halogens is 1. The van der Waals surface area contributed by atoms with Crippen molar-refractivity contribution in [1.29, 1.82) is 0 Å². The summed E-state index contributed by atoms with van der Waals surface area (Å²) < 4.78 is 40.7. The number of anilines is 1. The SMILES string of the molecule is Cc1ccc(F)c(S(=O)(=O)N(CCC(N)=O)c2ccccc2)c1. The van der Waals surface area contributed by atoms with Gasteiger partial charge in [0.2, 0.25) is 5.91 Å². The Morgan fingerprint density at radius 1 is 1.17 bits per heavy atom. The Balaban J connectivity index is 2.52. The first kappa shape index (κ1) is 17.0. The first-order valence-electron chi connectivity index (χ1n) is 6.94. The van der Waals surface area contributed by atoms with Crippen LogP contribution in [0.2, 0.25) is 0 Å². The van der Waals surface area contributed by atoms with E-state index in [-0.39, 0.29) is 13.0 Å². The van der Waals surface area contributed by atoms with Crippen molar-refractivity contribution in [2.45, 2.75) is 18.2 Å². The Morgan fingerprint density at radius 2 is 1.83 bits per heavy atom. The number of amides is 1. The standard InChI is InChI=1S/C16H17FN2O3S/c1-12-7-8-14(17)15(11-12)23(21,22)19(10-9-16(18)20)13-5-3-2-4-6-13/h2-8,11H,9-10H2,1H3,(H2,18,20). The summed E-state index contributed by atoms with van der Waals surface area (Å²) in [4.78, 5) is 10.6. The van der Waals surface area contributed by atoms with Gasteiger partial charge in [0.05, 0.1) is 5.69 Å². The molecule has 2 N–H and O–H groups in total. The molecule has 0 aliphatic rings. The van der Waals surface area contributed by atoms with Crippen molar-refractivity contribution < 1.29 is 17.6 Å². The van der Waals surface area contributed by atoms with Gasteiger partial charge in [-0.3, -0.25) is 9.10 Å². The number of hydrogen-bond donors (Lipinski definition) is 1. The number of aryl methyl sites for hydroxylation is 1.